The zero-order valence-corrected chi connectivity index (χ0v) is 35.4. The van der Waals surface area contributed by atoms with E-state index >= 15 is 0 Å². The Morgan fingerprint density at radius 3 is 2.46 bits per heavy atom. The van der Waals surface area contributed by atoms with Crippen molar-refractivity contribution in [3.8, 4) is 17.1 Å². The standard InChI is InChI=1S/C45H46N10O10/c1-53(16-18-64-20-19-63-17-2-3-26-6-11-31-32(21-26)45(62)55(44(31)61)35-12-13-37(56)51-41(35)59)43(60)28-7-9-30(10-8-28)54-24-33(38(52-54)39(46)57)49-40(58)34-25-65-42(50-34)29-14-15-47-36(22-29)48-23-27-4-5-27/h6-11,14-15,21-22,24-25,27,35H,2-5,12-13,16-20,23H2,1H3,(H2,46,57)(H,47,48)(H,49,58)(H,51,56,59). The van der Waals surface area contributed by atoms with Gasteiger partial charge in [-0.2, -0.15) is 5.10 Å². The van der Waals surface area contributed by atoms with Crippen molar-refractivity contribution in [2.75, 3.05) is 57.2 Å². The summed E-state index contributed by atoms with van der Waals surface area (Å²) in [5.74, 6) is -2.34. The molecule has 1 unspecified atom stereocenters. The molecule has 0 radical (unpaired) electrons. The lowest BCUT2D eigenvalue weighted by atomic mass is 10.0. The van der Waals surface area contributed by atoms with Gasteiger partial charge in [0.2, 0.25) is 17.7 Å². The van der Waals surface area contributed by atoms with E-state index < -0.39 is 41.5 Å². The highest BCUT2D eigenvalue weighted by atomic mass is 16.5. The number of hydrogen-bond donors (Lipinski definition) is 4. The summed E-state index contributed by atoms with van der Waals surface area (Å²) < 4.78 is 18.3. The van der Waals surface area contributed by atoms with Crippen LogP contribution in [-0.4, -0.2) is 124 Å². The van der Waals surface area contributed by atoms with E-state index in [2.05, 4.69) is 31.0 Å². The highest BCUT2D eigenvalue weighted by Gasteiger charge is 2.44. The number of rotatable bonds is 20. The molecular formula is C45H46N10O10. The summed E-state index contributed by atoms with van der Waals surface area (Å²) in [7, 11) is 1.66. The Morgan fingerprint density at radius 1 is 0.938 bits per heavy atom. The molecule has 0 bridgehead atoms. The van der Waals surface area contributed by atoms with Crippen molar-refractivity contribution >= 4 is 52.9 Å². The van der Waals surface area contributed by atoms with E-state index in [1.165, 1.54) is 34.9 Å². The van der Waals surface area contributed by atoms with Gasteiger partial charge in [0.05, 0.1) is 48.5 Å². The molecule has 3 aliphatic rings. The molecule has 65 heavy (non-hydrogen) atoms. The third kappa shape index (κ3) is 10.3. The minimum atomic E-state index is -1.01. The van der Waals surface area contributed by atoms with E-state index in [9.17, 15) is 33.6 Å². The van der Waals surface area contributed by atoms with Crippen LogP contribution in [0.4, 0.5) is 11.5 Å². The van der Waals surface area contributed by atoms with E-state index in [-0.39, 0.29) is 59.4 Å². The fraction of sp³-hybridized carbons (Fsp3) is 0.333. The lowest BCUT2D eigenvalue weighted by Gasteiger charge is -2.27. The van der Waals surface area contributed by atoms with Gasteiger partial charge in [-0.05, 0) is 92.1 Å². The number of nitrogens with two attached hydrogens (primary N) is 1. The molecule has 2 fully saturated rings. The van der Waals surface area contributed by atoms with Gasteiger partial charge in [0.25, 0.3) is 29.5 Å². The van der Waals surface area contributed by atoms with Crippen molar-refractivity contribution in [3.63, 3.8) is 0 Å². The predicted molar refractivity (Wildman–Crippen MR) is 231 cm³/mol. The Bertz CT molecular complexity index is 2650. The van der Waals surface area contributed by atoms with Gasteiger partial charge in [0, 0.05) is 50.5 Å². The number of imide groups is 2. The zero-order valence-electron chi connectivity index (χ0n) is 35.4. The summed E-state index contributed by atoms with van der Waals surface area (Å²) in [6.45, 7) is 2.51. The van der Waals surface area contributed by atoms with Gasteiger partial charge >= 0.3 is 0 Å². The number of oxazole rings is 1. The number of carbonyl (C=O) groups excluding carboxylic acids is 7. The Hall–Kier alpha value is -7.58. The number of piperidine rings is 1. The minimum absolute atomic E-state index is 0.0241. The molecule has 1 atom stereocenters. The summed E-state index contributed by atoms with van der Waals surface area (Å²) in [6.07, 6.45) is 8.09. The SMILES string of the molecule is CN(CCOCCOCCCc1ccc2c(c1)C(=O)N(C1CCC(=O)NC1=O)C2=O)C(=O)c1ccc(-n2cc(NC(=O)c3coc(-c4ccnc(NCC5CC5)c4)n3)c(C(N)=O)n2)cc1. The highest BCUT2D eigenvalue weighted by Crippen LogP contribution is 2.30. The van der Waals surface area contributed by atoms with Crippen LogP contribution < -0.4 is 21.7 Å². The van der Waals surface area contributed by atoms with E-state index in [1.54, 1.807) is 67.8 Å². The Balaban J connectivity index is 0.747. The molecule has 5 aromatic rings. The summed E-state index contributed by atoms with van der Waals surface area (Å²) >= 11 is 0. The smallest absolute Gasteiger partial charge is 0.277 e. The average molecular weight is 887 g/mol. The van der Waals surface area contributed by atoms with Crippen LogP contribution in [0.3, 0.4) is 0 Å². The van der Waals surface area contributed by atoms with Crippen LogP contribution in [-0.2, 0) is 25.5 Å². The first-order chi connectivity index (χ1) is 31.4. The lowest BCUT2D eigenvalue weighted by molar-refractivity contribution is -0.136. The molecule has 1 saturated heterocycles. The van der Waals surface area contributed by atoms with Crippen LogP contribution in [0, 0.1) is 5.92 Å². The molecule has 2 aliphatic heterocycles. The number of benzene rings is 2. The number of ether oxygens (including phenoxy) is 2. The third-order valence-corrected chi connectivity index (χ3v) is 11.1. The average Bonchev–Trinajstić information content (AvgIpc) is 3.72. The van der Waals surface area contributed by atoms with Crippen LogP contribution in [0.1, 0.15) is 89.7 Å². The first-order valence-corrected chi connectivity index (χ1v) is 21.2. The minimum Gasteiger partial charge on any atom is -0.444 e. The molecule has 5 heterocycles. The van der Waals surface area contributed by atoms with E-state index in [0.717, 1.165) is 17.0 Å². The van der Waals surface area contributed by atoms with Crippen molar-refractivity contribution in [1.82, 2.24) is 34.9 Å². The number of aryl methyl sites for hydroxylation is 1. The van der Waals surface area contributed by atoms with E-state index in [4.69, 9.17) is 19.6 Å². The molecule has 1 saturated carbocycles. The van der Waals surface area contributed by atoms with E-state index in [0.29, 0.717) is 67.8 Å². The number of nitrogens with zero attached hydrogens (tertiary/aromatic N) is 6. The third-order valence-electron chi connectivity index (χ3n) is 11.1. The molecule has 2 aromatic carbocycles. The van der Waals surface area contributed by atoms with Gasteiger partial charge in [-0.15, -0.1) is 0 Å². The molecule has 7 amide bonds. The highest BCUT2D eigenvalue weighted by molar-refractivity contribution is 6.23. The maximum Gasteiger partial charge on any atom is 0.277 e. The Labute approximate surface area is 371 Å². The second-order valence-electron chi connectivity index (χ2n) is 15.9. The van der Waals surface area contributed by atoms with Gasteiger partial charge in [0.15, 0.2) is 11.4 Å². The molecule has 0 spiro atoms. The number of amides is 7. The zero-order chi connectivity index (χ0) is 45.6. The molecule has 8 rings (SSSR count). The second kappa shape index (κ2) is 19.4. The lowest BCUT2D eigenvalue weighted by Crippen LogP contribution is -2.54. The molecule has 336 valence electrons. The topological polar surface area (TPSA) is 263 Å². The normalized spacial score (nSPS) is 15.8. The molecule has 3 aromatic heterocycles. The molecule has 1 aliphatic carbocycles. The number of fused-ring (bicyclic) bond motifs is 1. The second-order valence-corrected chi connectivity index (χ2v) is 15.9. The summed E-state index contributed by atoms with van der Waals surface area (Å²) in [5.41, 5.74) is 8.32. The number of carbonyl (C=O) groups is 7. The van der Waals surface area contributed by atoms with Gasteiger partial charge in [0.1, 0.15) is 18.1 Å². The summed E-state index contributed by atoms with van der Waals surface area (Å²) in [4.78, 5) is 99.6. The van der Waals surface area contributed by atoms with Crippen molar-refractivity contribution in [2.45, 2.75) is 44.6 Å². The largest absolute Gasteiger partial charge is 0.444 e. The fourth-order valence-corrected chi connectivity index (χ4v) is 7.36. The Morgan fingerprint density at radius 2 is 1.71 bits per heavy atom. The van der Waals surface area contributed by atoms with Crippen molar-refractivity contribution in [1.29, 1.82) is 0 Å². The van der Waals surface area contributed by atoms with Crippen LogP contribution in [0.25, 0.3) is 17.1 Å². The molecule has 5 N–H and O–H groups in total. The summed E-state index contributed by atoms with van der Waals surface area (Å²) in [6, 6.07) is 14.1. The number of likely N-dealkylation sites (N-methyl/N-ethyl adjacent to an activating group) is 1. The number of hydrogen-bond acceptors (Lipinski definition) is 14. The van der Waals surface area contributed by atoms with Crippen molar-refractivity contribution < 1.29 is 47.5 Å². The first-order valence-electron chi connectivity index (χ1n) is 21.2. The quantitative estimate of drug-likeness (QED) is 0.0646. The van der Waals surface area contributed by atoms with Crippen LogP contribution in [0.15, 0.2) is 77.7 Å². The van der Waals surface area contributed by atoms with Gasteiger partial charge in [-0.25, -0.2) is 14.6 Å². The number of pyridine rings is 1. The van der Waals surface area contributed by atoms with Crippen LogP contribution in [0.2, 0.25) is 0 Å². The number of aromatic nitrogens is 4. The Kier molecular flexibility index (Phi) is 13.2. The van der Waals surface area contributed by atoms with Crippen molar-refractivity contribution in [2.24, 2.45) is 11.7 Å². The molecule has 20 heteroatoms. The van der Waals surface area contributed by atoms with Crippen LogP contribution >= 0.6 is 0 Å². The number of anilines is 2. The van der Waals surface area contributed by atoms with Crippen molar-refractivity contribution in [3.05, 3.63) is 107 Å². The van der Waals surface area contributed by atoms with Gasteiger partial charge in [-0.3, -0.25) is 43.8 Å². The van der Waals surface area contributed by atoms with Gasteiger partial charge in [-0.1, -0.05) is 6.07 Å². The van der Waals surface area contributed by atoms with E-state index in [1.807, 2.05) is 0 Å². The monoisotopic (exact) mass is 886 g/mol. The van der Waals surface area contributed by atoms with Gasteiger partial charge < -0.3 is 35.2 Å². The number of primary amides is 1. The number of nitrogens with one attached hydrogen (secondary N) is 3. The maximum absolute atomic E-state index is 13.2. The fourth-order valence-electron chi connectivity index (χ4n) is 7.36. The molecule has 20 nitrogen and oxygen atoms in total. The predicted octanol–water partition coefficient (Wildman–Crippen LogP) is 3.23. The maximum atomic E-state index is 13.2. The molecular weight excluding hydrogens is 841 g/mol. The summed E-state index contributed by atoms with van der Waals surface area (Å²) in [5, 5.41) is 12.4. The first kappa shape index (κ1) is 44.0. The van der Waals surface area contributed by atoms with Crippen LogP contribution in [0.5, 0.6) is 0 Å².